The van der Waals surface area contributed by atoms with Crippen molar-refractivity contribution < 1.29 is 9.53 Å². The minimum absolute atomic E-state index is 0.137. The predicted molar refractivity (Wildman–Crippen MR) is 76.1 cm³/mol. The van der Waals surface area contributed by atoms with Crippen LogP contribution in [0.4, 0.5) is 0 Å². The summed E-state index contributed by atoms with van der Waals surface area (Å²) in [5, 5.41) is 0. The summed E-state index contributed by atoms with van der Waals surface area (Å²) in [4.78, 5) is 14.4. The zero-order valence-electron chi connectivity index (χ0n) is 11.8. The van der Waals surface area contributed by atoms with Crippen molar-refractivity contribution in [3.63, 3.8) is 0 Å². The van der Waals surface area contributed by atoms with Crippen LogP contribution in [-0.2, 0) is 4.79 Å². The summed E-state index contributed by atoms with van der Waals surface area (Å²) in [6, 6.07) is 9.59. The zero-order chi connectivity index (χ0) is 13.7. The molecule has 3 heteroatoms. The smallest absolute Gasteiger partial charge is 0.263 e. The third-order valence-corrected chi connectivity index (χ3v) is 3.64. The quantitative estimate of drug-likeness (QED) is 0.833. The van der Waals surface area contributed by atoms with E-state index in [1.165, 1.54) is 6.42 Å². The molecule has 0 aliphatic carbocycles. The van der Waals surface area contributed by atoms with Gasteiger partial charge in [-0.15, -0.1) is 0 Å². The van der Waals surface area contributed by atoms with Gasteiger partial charge in [0.05, 0.1) is 0 Å². The van der Waals surface area contributed by atoms with Crippen molar-refractivity contribution in [2.45, 2.75) is 39.2 Å². The highest BCUT2D eigenvalue weighted by Crippen LogP contribution is 2.19. The number of carbonyl (C=O) groups excluding carboxylic acids is 1. The standard InChI is InChI=1S/C16H23NO2/c1-3-15(19-14-9-5-4-6-10-14)16(18)17-11-7-8-13(2)12-17/h4-6,9-10,13,15H,3,7-8,11-12H2,1-2H3/t13-,15-/m1/s1. The van der Waals surface area contributed by atoms with Crippen LogP contribution in [0.1, 0.15) is 33.1 Å². The maximum absolute atomic E-state index is 12.5. The Balaban J connectivity index is 1.98. The fraction of sp³-hybridized carbons (Fsp3) is 0.562. The van der Waals surface area contributed by atoms with Crippen LogP contribution in [0.5, 0.6) is 5.75 Å². The van der Waals surface area contributed by atoms with Crippen LogP contribution in [0.15, 0.2) is 30.3 Å². The minimum Gasteiger partial charge on any atom is -0.481 e. The van der Waals surface area contributed by atoms with Crippen LogP contribution in [0.3, 0.4) is 0 Å². The summed E-state index contributed by atoms with van der Waals surface area (Å²) in [7, 11) is 0. The highest BCUT2D eigenvalue weighted by Gasteiger charge is 2.27. The lowest BCUT2D eigenvalue weighted by atomic mass is 9.99. The van der Waals surface area contributed by atoms with Gasteiger partial charge in [0.15, 0.2) is 6.10 Å². The highest BCUT2D eigenvalue weighted by molar-refractivity contribution is 5.81. The maximum Gasteiger partial charge on any atom is 0.263 e. The van der Waals surface area contributed by atoms with Crippen LogP contribution < -0.4 is 4.74 Å². The van der Waals surface area contributed by atoms with Gasteiger partial charge in [0, 0.05) is 13.1 Å². The molecule has 0 unspecified atom stereocenters. The number of nitrogens with zero attached hydrogens (tertiary/aromatic N) is 1. The number of hydrogen-bond acceptors (Lipinski definition) is 2. The summed E-state index contributed by atoms with van der Waals surface area (Å²) in [6.07, 6.45) is 2.68. The number of piperidine rings is 1. The third kappa shape index (κ3) is 3.72. The topological polar surface area (TPSA) is 29.5 Å². The molecular formula is C16H23NO2. The summed E-state index contributed by atoms with van der Waals surface area (Å²) in [5.74, 6) is 1.51. The molecular weight excluding hydrogens is 238 g/mol. The molecule has 0 bridgehead atoms. The van der Waals surface area contributed by atoms with Crippen molar-refractivity contribution >= 4 is 5.91 Å². The van der Waals surface area contributed by atoms with E-state index in [2.05, 4.69) is 6.92 Å². The normalized spacial score (nSPS) is 20.9. The van der Waals surface area contributed by atoms with E-state index in [0.29, 0.717) is 12.3 Å². The van der Waals surface area contributed by atoms with Crippen molar-refractivity contribution in [1.29, 1.82) is 0 Å². The number of hydrogen-bond donors (Lipinski definition) is 0. The van der Waals surface area contributed by atoms with Gasteiger partial charge in [-0.2, -0.15) is 0 Å². The lowest BCUT2D eigenvalue weighted by Gasteiger charge is -2.33. The van der Waals surface area contributed by atoms with E-state index in [0.717, 1.165) is 25.3 Å². The second kappa shape index (κ2) is 6.60. The van der Waals surface area contributed by atoms with E-state index in [1.807, 2.05) is 42.2 Å². The Morgan fingerprint density at radius 3 is 2.79 bits per heavy atom. The molecule has 1 aliphatic rings. The Morgan fingerprint density at radius 1 is 1.42 bits per heavy atom. The molecule has 1 saturated heterocycles. The first-order valence-corrected chi connectivity index (χ1v) is 7.21. The van der Waals surface area contributed by atoms with Gasteiger partial charge in [-0.05, 0) is 37.3 Å². The van der Waals surface area contributed by atoms with Crippen LogP contribution in [-0.4, -0.2) is 30.0 Å². The number of likely N-dealkylation sites (tertiary alicyclic amines) is 1. The summed E-state index contributed by atoms with van der Waals surface area (Å²) < 4.78 is 5.82. The first-order valence-electron chi connectivity index (χ1n) is 7.21. The second-order valence-corrected chi connectivity index (χ2v) is 5.36. The molecule has 1 amide bonds. The Bertz CT molecular complexity index is 404. The van der Waals surface area contributed by atoms with E-state index in [1.54, 1.807) is 0 Å². The molecule has 19 heavy (non-hydrogen) atoms. The number of para-hydroxylation sites is 1. The lowest BCUT2D eigenvalue weighted by Crippen LogP contribution is -2.46. The van der Waals surface area contributed by atoms with Crippen LogP contribution >= 0.6 is 0 Å². The number of benzene rings is 1. The van der Waals surface area contributed by atoms with E-state index >= 15 is 0 Å². The molecule has 1 aliphatic heterocycles. The van der Waals surface area contributed by atoms with Gasteiger partial charge in [-0.1, -0.05) is 32.0 Å². The molecule has 0 spiro atoms. The molecule has 1 heterocycles. The largest absolute Gasteiger partial charge is 0.481 e. The molecule has 1 aromatic carbocycles. The number of carbonyl (C=O) groups is 1. The van der Waals surface area contributed by atoms with E-state index in [-0.39, 0.29) is 12.0 Å². The first-order chi connectivity index (χ1) is 9.20. The Labute approximate surface area is 115 Å². The Hall–Kier alpha value is -1.51. The maximum atomic E-state index is 12.5. The zero-order valence-corrected chi connectivity index (χ0v) is 11.8. The Kier molecular flexibility index (Phi) is 4.83. The van der Waals surface area contributed by atoms with Crippen LogP contribution in [0, 0.1) is 5.92 Å². The van der Waals surface area contributed by atoms with Crippen molar-refractivity contribution in [2.24, 2.45) is 5.92 Å². The van der Waals surface area contributed by atoms with Crippen LogP contribution in [0.25, 0.3) is 0 Å². The summed E-state index contributed by atoms with van der Waals surface area (Å²) in [6.45, 7) is 5.95. The van der Waals surface area contributed by atoms with Crippen molar-refractivity contribution in [2.75, 3.05) is 13.1 Å². The molecule has 0 aromatic heterocycles. The van der Waals surface area contributed by atoms with Crippen molar-refractivity contribution in [3.8, 4) is 5.75 Å². The number of amides is 1. The monoisotopic (exact) mass is 261 g/mol. The summed E-state index contributed by atoms with van der Waals surface area (Å²) in [5.41, 5.74) is 0. The first kappa shape index (κ1) is 13.9. The van der Waals surface area contributed by atoms with Gasteiger partial charge in [0.1, 0.15) is 5.75 Å². The number of ether oxygens (including phenoxy) is 1. The van der Waals surface area contributed by atoms with Crippen molar-refractivity contribution in [1.82, 2.24) is 4.90 Å². The van der Waals surface area contributed by atoms with E-state index in [9.17, 15) is 4.79 Å². The average Bonchev–Trinajstić information content (AvgIpc) is 2.45. The fourth-order valence-electron chi connectivity index (χ4n) is 2.56. The second-order valence-electron chi connectivity index (χ2n) is 5.36. The highest BCUT2D eigenvalue weighted by atomic mass is 16.5. The molecule has 1 aromatic rings. The van der Waals surface area contributed by atoms with Crippen molar-refractivity contribution in [3.05, 3.63) is 30.3 Å². The van der Waals surface area contributed by atoms with Gasteiger partial charge in [-0.25, -0.2) is 0 Å². The molecule has 1 fully saturated rings. The molecule has 0 N–H and O–H groups in total. The SMILES string of the molecule is CC[C@@H](Oc1ccccc1)C(=O)N1CCC[C@@H](C)C1. The van der Waals surface area contributed by atoms with Gasteiger partial charge >= 0.3 is 0 Å². The van der Waals surface area contributed by atoms with Crippen LogP contribution in [0.2, 0.25) is 0 Å². The minimum atomic E-state index is -0.354. The lowest BCUT2D eigenvalue weighted by molar-refractivity contribution is -0.140. The van der Waals surface area contributed by atoms with Gasteiger partial charge in [0.2, 0.25) is 0 Å². The molecule has 0 radical (unpaired) electrons. The molecule has 3 nitrogen and oxygen atoms in total. The molecule has 2 atom stereocenters. The van der Waals surface area contributed by atoms with E-state index < -0.39 is 0 Å². The average molecular weight is 261 g/mol. The van der Waals surface area contributed by atoms with Gasteiger partial charge < -0.3 is 9.64 Å². The van der Waals surface area contributed by atoms with Gasteiger partial charge in [0.25, 0.3) is 5.91 Å². The molecule has 0 saturated carbocycles. The number of rotatable bonds is 4. The van der Waals surface area contributed by atoms with Gasteiger partial charge in [-0.3, -0.25) is 4.79 Å². The fourth-order valence-corrected chi connectivity index (χ4v) is 2.56. The van der Waals surface area contributed by atoms with E-state index in [4.69, 9.17) is 4.74 Å². The summed E-state index contributed by atoms with van der Waals surface area (Å²) >= 11 is 0. The molecule has 104 valence electrons. The Morgan fingerprint density at radius 2 is 2.16 bits per heavy atom. The molecule has 2 rings (SSSR count). The predicted octanol–water partition coefficient (Wildman–Crippen LogP) is 3.10. The third-order valence-electron chi connectivity index (χ3n) is 3.64.